The van der Waals surface area contributed by atoms with E-state index in [1.807, 2.05) is 0 Å². The number of hydrazone groups is 1. The third kappa shape index (κ3) is 3.26. The van der Waals surface area contributed by atoms with Crippen molar-refractivity contribution in [2.24, 2.45) is 11.0 Å². The van der Waals surface area contributed by atoms with E-state index in [0.717, 1.165) is 4.90 Å². The Labute approximate surface area is 176 Å². The first-order chi connectivity index (χ1) is 13.9. The van der Waals surface area contributed by atoms with Gasteiger partial charge >= 0.3 is 5.97 Å². The molecule has 2 heterocycles. The number of carbonyl (C=O) groups is 3. The van der Waals surface area contributed by atoms with Crippen LogP contribution in [0.3, 0.4) is 0 Å². The number of esters is 1. The van der Waals surface area contributed by atoms with E-state index in [-0.39, 0.29) is 12.3 Å². The summed E-state index contributed by atoms with van der Waals surface area (Å²) in [5.74, 6) is -2.81. The van der Waals surface area contributed by atoms with Crippen LogP contribution in [0.5, 0.6) is 0 Å². The normalized spacial score (nSPS) is 20.7. The van der Waals surface area contributed by atoms with Crippen LogP contribution in [-0.4, -0.2) is 36.1 Å². The quantitative estimate of drug-likeness (QED) is 0.547. The standard InChI is InChI=1S/C20H15Cl2N3O4/c1-2-29-20(28)16-15-17(25(23-16)14-9-5-12(22)6-10-14)19(27)24(18(15)26)13-7-3-11(21)4-8-13/h3-10,15,17H,2H2,1H3/t15-,17-/m1/s1. The fraction of sp³-hybridized carbons (Fsp3) is 0.200. The van der Waals surface area contributed by atoms with Gasteiger partial charge in [0.2, 0.25) is 5.91 Å². The van der Waals surface area contributed by atoms with Crippen molar-refractivity contribution >= 4 is 58.1 Å². The highest BCUT2D eigenvalue weighted by Gasteiger charge is 2.59. The molecule has 4 rings (SSSR count). The van der Waals surface area contributed by atoms with Crippen LogP contribution in [-0.2, 0) is 19.1 Å². The average Bonchev–Trinajstić information content (AvgIpc) is 3.21. The van der Waals surface area contributed by atoms with Crippen LogP contribution in [0.4, 0.5) is 11.4 Å². The van der Waals surface area contributed by atoms with Gasteiger partial charge in [0.1, 0.15) is 12.0 Å². The lowest BCUT2D eigenvalue weighted by atomic mass is 9.98. The van der Waals surface area contributed by atoms with Gasteiger partial charge in [-0.1, -0.05) is 23.2 Å². The molecule has 0 unspecified atom stereocenters. The molecule has 2 aromatic rings. The number of anilines is 2. The van der Waals surface area contributed by atoms with Gasteiger partial charge in [-0.25, -0.2) is 9.69 Å². The lowest BCUT2D eigenvalue weighted by molar-refractivity contribution is -0.136. The minimum absolute atomic E-state index is 0.0957. The van der Waals surface area contributed by atoms with E-state index >= 15 is 0 Å². The summed E-state index contributed by atoms with van der Waals surface area (Å²) >= 11 is 11.9. The third-order valence-electron chi connectivity index (χ3n) is 4.71. The zero-order valence-corrected chi connectivity index (χ0v) is 16.7. The Morgan fingerprint density at radius 2 is 1.52 bits per heavy atom. The second-order valence-corrected chi connectivity index (χ2v) is 7.31. The monoisotopic (exact) mass is 431 g/mol. The molecule has 7 nitrogen and oxygen atoms in total. The fourth-order valence-corrected chi connectivity index (χ4v) is 3.69. The Hall–Kier alpha value is -2.90. The molecule has 148 valence electrons. The van der Waals surface area contributed by atoms with Gasteiger partial charge in [-0.3, -0.25) is 14.6 Å². The lowest BCUT2D eigenvalue weighted by Gasteiger charge is -2.22. The van der Waals surface area contributed by atoms with Crippen LogP contribution in [0.25, 0.3) is 0 Å². The fourth-order valence-electron chi connectivity index (χ4n) is 3.44. The molecule has 2 aromatic carbocycles. The molecule has 2 amide bonds. The molecule has 9 heteroatoms. The number of carbonyl (C=O) groups excluding carboxylic acids is 3. The Morgan fingerprint density at radius 3 is 2.07 bits per heavy atom. The van der Waals surface area contributed by atoms with E-state index in [4.69, 9.17) is 27.9 Å². The number of fused-ring (bicyclic) bond motifs is 1. The van der Waals surface area contributed by atoms with Crippen molar-refractivity contribution in [2.75, 3.05) is 16.5 Å². The van der Waals surface area contributed by atoms with Crippen molar-refractivity contribution in [3.63, 3.8) is 0 Å². The van der Waals surface area contributed by atoms with Gasteiger partial charge in [-0.05, 0) is 55.5 Å². The van der Waals surface area contributed by atoms with E-state index in [1.54, 1.807) is 55.5 Å². The van der Waals surface area contributed by atoms with E-state index in [0.29, 0.717) is 21.4 Å². The Kier molecular flexibility index (Phi) is 5.02. The van der Waals surface area contributed by atoms with Crippen molar-refractivity contribution < 1.29 is 19.1 Å². The van der Waals surface area contributed by atoms with Gasteiger partial charge in [-0.15, -0.1) is 0 Å². The largest absolute Gasteiger partial charge is 0.461 e. The van der Waals surface area contributed by atoms with Gasteiger partial charge in [0, 0.05) is 10.0 Å². The first kappa shape index (κ1) is 19.4. The topological polar surface area (TPSA) is 79.3 Å². The number of imide groups is 1. The second-order valence-electron chi connectivity index (χ2n) is 6.44. The van der Waals surface area contributed by atoms with Crippen molar-refractivity contribution in [2.45, 2.75) is 13.0 Å². The highest BCUT2D eigenvalue weighted by Crippen LogP contribution is 2.38. The molecule has 0 radical (unpaired) electrons. The molecule has 0 saturated carbocycles. The van der Waals surface area contributed by atoms with Crippen molar-refractivity contribution in [1.82, 2.24) is 0 Å². The van der Waals surface area contributed by atoms with E-state index < -0.39 is 29.7 Å². The molecule has 1 fully saturated rings. The number of ether oxygens (including phenoxy) is 1. The van der Waals surface area contributed by atoms with E-state index in [9.17, 15) is 14.4 Å². The molecular formula is C20H15Cl2N3O4. The highest BCUT2D eigenvalue weighted by molar-refractivity contribution is 6.47. The molecule has 1 saturated heterocycles. The first-order valence-corrected chi connectivity index (χ1v) is 9.61. The number of halogens is 2. The minimum atomic E-state index is -1.06. The predicted molar refractivity (Wildman–Crippen MR) is 109 cm³/mol. The van der Waals surface area contributed by atoms with Gasteiger partial charge in [-0.2, -0.15) is 5.10 Å². The van der Waals surface area contributed by atoms with Gasteiger partial charge < -0.3 is 4.74 Å². The van der Waals surface area contributed by atoms with Crippen LogP contribution in [0, 0.1) is 5.92 Å². The Morgan fingerprint density at radius 1 is 0.966 bits per heavy atom. The SMILES string of the molecule is CCOC(=O)C1=NN(c2ccc(Cl)cc2)[C@H]2C(=O)N(c3ccc(Cl)cc3)C(=O)[C@H]12. The summed E-state index contributed by atoms with van der Waals surface area (Å²) < 4.78 is 5.06. The second kappa shape index (κ2) is 7.50. The maximum Gasteiger partial charge on any atom is 0.355 e. The Bertz CT molecular complexity index is 1020. The summed E-state index contributed by atoms with van der Waals surface area (Å²) in [7, 11) is 0. The van der Waals surface area contributed by atoms with Crippen molar-refractivity contribution in [3.8, 4) is 0 Å². The average molecular weight is 432 g/mol. The molecule has 0 aliphatic carbocycles. The van der Waals surface area contributed by atoms with E-state index in [1.165, 1.54) is 5.01 Å². The maximum absolute atomic E-state index is 13.2. The summed E-state index contributed by atoms with van der Waals surface area (Å²) in [5.41, 5.74) is 0.808. The summed E-state index contributed by atoms with van der Waals surface area (Å²) in [6.07, 6.45) is 0. The number of amides is 2. The van der Waals surface area contributed by atoms with Crippen LogP contribution in [0.1, 0.15) is 6.92 Å². The van der Waals surface area contributed by atoms with Crippen LogP contribution >= 0.6 is 23.2 Å². The number of hydrogen-bond donors (Lipinski definition) is 0. The molecule has 29 heavy (non-hydrogen) atoms. The molecule has 0 bridgehead atoms. The van der Waals surface area contributed by atoms with Gasteiger partial charge in [0.25, 0.3) is 5.91 Å². The highest BCUT2D eigenvalue weighted by atomic mass is 35.5. The molecule has 2 atom stereocenters. The number of benzene rings is 2. The summed E-state index contributed by atoms with van der Waals surface area (Å²) in [6.45, 7) is 1.78. The molecule has 2 aliphatic rings. The summed E-state index contributed by atoms with van der Waals surface area (Å²) in [4.78, 5) is 39.9. The number of hydrogen-bond acceptors (Lipinski definition) is 6. The third-order valence-corrected chi connectivity index (χ3v) is 5.21. The molecule has 0 aromatic heterocycles. The van der Waals surface area contributed by atoms with Crippen LogP contribution < -0.4 is 9.91 Å². The number of rotatable bonds is 4. The molecule has 2 aliphatic heterocycles. The summed E-state index contributed by atoms with van der Waals surface area (Å²) in [6, 6.07) is 12.0. The zero-order valence-electron chi connectivity index (χ0n) is 15.2. The van der Waals surface area contributed by atoms with Gasteiger partial charge in [0.15, 0.2) is 5.71 Å². The van der Waals surface area contributed by atoms with Crippen LogP contribution in [0.2, 0.25) is 10.0 Å². The molecule has 0 N–H and O–H groups in total. The van der Waals surface area contributed by atoms with Crippen LogP contribution in [0.15, 0.2) is 53.6 Å². The maximum atomic E-state index is 13.2. The van der Waals surface area contributed by atoms with E-state index in [2.05, 4.69) is 5.10 Å². The first-order valence-electron chi connectivity index (χ1n) is 8.86. The lowest BCUT2D eigenvalue weighted by Crippen LogP contribution is -2.39. The molecule has 0 spiro atoms. The summed E-state index contributed by atoms with van der Waals surface area (Å²) in [5, 5.41) is 6.64. The smallest absolute Gasteiger partial charge is 0.355 e. The minimum Gasteiger partial charge on any atom is -0.461 e. The molecular weight excluding hydrogens is 417 g/mol. The Balaban J connectivity index is 1.78. The predicted octanol–water partition coefficient (Wildman–Crippen LogP) is 3.29. The number of nitrogens with zero attached hydrogens (tertiary/aromatic N) is 3. The zero-order chi connectivity index (χ0) is 20.7. The van der Waals surface area contributed by atoms with Gasteiger partial charge in [0.05, 0.1) is 18.0 Å². The van der Waals surface area contributed by atoms with Crippen molar-refractivity contribution in [1.29, 1.82) is 0 Å². The van der Waals surface area contributed by atoms with Crippen molar-refractivity contribution in [3.05, 3.63) is 58.6 Å².